The van der Waals surface area contributed by atoms with E-state index in [4.69, 9.17) is 4.74 Å². The quantitative estimate of drug-likeness (QED) is 0.761. The fourth-order valence-electron chi connectivity index (χ4n) is 3.69. The minimum absolute atomic E-state index is 0.110. The smallest absolute Gasteiger partial charge is 0.240 e. The molecule has 2 aromatic rings. The van der Waals surface area contributed by atoms with Crippen LogP contribution in [0.3, 0.4) is 0 Å². The van der Waals surface area contributed by atoms with Crippen LogP contribution >= 0.6 is 0 Å². The lowest BCUT2D eigenvalue weighted by molar-refractivity contribution is -0.123. The Bertz CT molecular complexity index is 958. The van der Waals surface area contributed by atoms with Gasteiger partial charge in [0.1, 0.15) is 12.4 Å². The summed E-state index contributed by atoms with van der Waals surface area (Å²) in [6.07, 6.45) is 1.61. The van der Waals surface area contributed by atoms with Crippen LogP contribution in [0.25, 0.3) is 0 Å². The summed E-state index contributed by atoms with van der Waals surface area (Å²) >= 11 is 0. The van der Waals surface area contributed by atoms with Crippen molar-refractivity contribution in [3.63, 3.8) is 0 Å². The van der Waals surface area contributed by atoms with Gasteiger partial charge < -0.3 is 19.5 Å². The molecule has 3 rings (SSSR count). The molecule has 0 spiro atoms. The first kappa shape index (κ1) is 22.8. The Balaban J connectivity index is 1.70. The third-order valence-electron chi connectivity index (χ3n) is 5.18. The Morgan fingerprint density at radius 1 is 1.13 bits per heavy atom. The lowest BCUT2D eigenvalue weighted by Crippen LogP contribution is -2.46. The van der Waals surface area contributed by atoms with Crippen LogP contribution in [0.2, 0.25) is 0 Å². The van der Waals surface area contributed by atoms with E-state index >= 15 is 0 Å². The van der Waals surface area contributed by atoms with Crippen molar-refractivity contribution in [2.45, 2.75) is 39.4 Å². The number of halogens is 1. The largest absolute Gasteiger partial charge is 0.491 e. The maximum Gasteiger partial charge on any atom is 0.240 e. The number of aromatic nitrogens is 1. The Kier molecular flexibility index (Phi) is 7.00. The summed E-state index contributed by atoms with van der Waals surface area (Å²) < 4.78 is 20.1. The van der Waals surface area contributed by atoms with Gasteiger partial charge >= 0.3 is 0 Å². The Labute approximate surface area is 182 Å². The van der Waals surface area contributed by atoms with E-state index in [0.717, 1.165) is 37.6 Å². The number of nitrogens with one attached hydrogen (secondary N) is 1. The SMILES string of the molecule is COc1cn(CC(=O)NC(C)(C)C)c(CN2CCN(c3ccc(F)cc3)CC2)cc1=O. The molecule has 7 nitrogen and oxygen atoms in total. The topological polar surface area (TPSA) is 66.8 Å². The highest BCUT2D eigenvalue weighted by atomic mass is 19.1. The van der Waals surface area contributed by atoms with Crippen LogP contribution < -0.4 is 20.4 Å². The fraction of sp³-hybridized carbons (Fsp3) is 0.478. The molecule has 0 radical (unpaired) electrons. The third-order valence-corrected chi connectivity index (χ3v) is 5.18. The minimum Gasteiger partial charge on any atom is -0.491 e. The van der Waals surface area contributed by atoms with Crippen molar-refractivity contribution in [3.8, 4) is 5.75 Å². The summed E-state index contributed by atoms with van der Waals surface area (Å²) in [5, 5.41) is 2.95. The molecule has 1 N–H and O–H groups in total. The molecule has 1 aromatic heterocycles. The molecule has 0 aliphatic carbocycles. The van der Waals surface area contributed by atoms with Gasteiger partial charge in [-0.3, -0.25) is 14.5 Å². The molecular formula is C23H31FN4O3. The number of methoxy groups -OCH3 is 1. The number of benzene rings is 1. The van der Waals surface area contributed by atoms with E-state index in [0.29, 0.717) is 6.54 Å². The third kappa shape index (κ3) is 6.30. The highest BCUT2D eigenvalue weighted by Crippen LogP contribution is 2.18. The average molecular weight is 431 g/mol. The molecule has 0 unspecified atom stereocenters. The maximum absolute atomic E-state index is 13.2. The molecule has 1 fully saturated rings. The van der Waals surface area contributed by atoms with Gasteiger partial charge in [-0.05, 0) is 45.0 Å². The molecule has 1 aromatic carbocycles. The van der Waals surface area contributed by atoms with Gasteiger partial charge in [0.25, 0.3) is 0 Å². The Morgan fingerprint density at radius 3 is 2.35 bits per heavy atom. The number of hydrogen-bond donors (Lipinski definition) is 1. The Morgan fingerprint density at radius 2 is 1.77 bits per heavy atom. The zero-order valence-corrected chi connectivity index (χ0v) is 18.7. The molecule has 0 saturated carbocycles. The van der Waals surface area contributed by atoms with E-state index in [2.05, 4.69) is 15.1 Å². The molecule has 0 atom stereocenters. The highest BCUT2D eigenvalue weighted by molar-refractivity contribution is 5.76. The molecule has 2 heterocycles. The Hall–Kier alpha value is -2.87. The normalized spacial score (nSPS) is 15.1. The van der Waals surface area contributed by atoms with Crippen molar-refractivity contribution in [3.05, 3.63) is 58.3 Å². The standard InChI is InChI=1S/C23H31FN4O3/c1-23(2,3)25-22(30)16-28-15-21(31-4)20(29)13-19(28)14-26-9-11-27(12-10-26)18-7-5-17(24)6-8-18/h5-8,13,15H,9-12,14,16H2,1-4H3,(H,25,30). The molecule has 168 valence electrons. The second-order valence-electron chi connectivity index (χ2n) is 8.86. The number of carbonyl (C=O) groups excluding carboxylic acids is 1. The molecule has 1 aliphatic heterocycles. The average Bonchev–Trinajstić information content (AvgIpc) is 2.70. The van der Waals surface area contributed by atoms with Crippen molar-refractivity contribution >= 4 is 11.6 Å². The molecule has 1 amide bonds. The number of anilines is 1. The van der Waals surface area contributed by atoms with Gasteiger partial charge in [0.05, 0.1) is 13.3 Å². The van der Waals surface area contributed by atoms with Crippen LogP contribution in [0.4, 0.5) is 10.1 Å². The van der Waals surface area contributed by atoms with Crippen molar-refractivity contribution in [2.75, 3.05) is 38.2 Å². The van der Waals surface area contributed by atoms with E-state index in [1.807, 2.05) is 20.8 Å². The number of nitrogens with zero attached hydrogens (tertiary/aromatic N) is 3. The fourth-order valence-corrected chi connectivity index (χ4v) is 3.69. The second-order valence-corrected chi connectivity index (χ2v) is 8.86. The first-order valence-corrected chi connectivity index (χ1v) is 10.5. The summed E-state index contributed by atoms with van der Waals surface area (Å²) in [5.41, 5.74) is 1.23. The van der Waals surface area contributed by atoms with E-state index in [9.17, 15) is 14.0 Å². The summed E-state index contributed by atoms with van der Waals surface area (Å²) in [4.78, 5) is 29.3. The molecule has 8 heteroatoms. The summed E-state index contributed by atoms with van der Waals surface area (Å²) in [6.45, 7) is 9.65. The van der Waals surface area contributed by atoms with Crippen LogP contribution in [-0.4, -0.2) is 54.2 Å². The molecular weight excluding hydrogens is 399 g/mol. The van der Waals surface area contributed by atoms with Gasteiger partial charge in [-0.2, -0.15) is 0 Å². The van der Waals surface area contributed by atoms with E-state index in [1.165, 1.54) is 19.2 Å². The number of piperazine rings is 1. The summed E-state index contributed by atoms with van der Waals surface area (Å²) in [5.74, 6) is -0.149. The zero-order valence-electron chi connectivity index (χ0n) is 18.7. The van der Waals surface area contributed by atoms with Gasteiger partial charge in [-0.15, -0.1) is 0 Å². The number of carbonyl (C=O) groups is 1. The van der Waals surface area contributed by atoms with Crippen molar-refractivity contribution < 1.29 is 13.9 Å². The van der Waals surface area contributed by atoms with Crippen molar-refractivity contribution in [1.82, 2.24) is 14.8 Å². The maximum atomic E-state index is 13.2. The number of ether oxygens (including phenoxy) is 1. The van der Waals surface area contributed by atoms with Gasteiger partial charge in [-0.1, -0.05) is 0 Å². The van der Waals surface area contributed by atoms with E-state index < -0.39 is 0 Å². The number of amides is 1. The van der Waals surface area contributed by atoms with Crippen LogP contribution in [0, 0.1) is 5.82 Å². The predicted octanol–water partition coefficient (Wildman–Crippen LogP) is 2.23. The van der Waals surface area contributed by atoms with Crippen molar-refractivity contribution in [1.29, 1.82) is 0 Å². The second kappa shape index (κ2) is 9.51. The minimum atomic E-state index is -0.336. The predicted molar refractivity (Wildman–Crippen MR) is 119 cm³/mol. The van der Waals surface area contributed by atoms with Crippen LogP contribution in [-0.2, 0) is 17.9 Å². The molecule has 0 bridgehead atoms. The molecule has 1 aliphatic rings. The monoisotopic (exact) mass is 430 g/mol. The molecule has 31 heavy (non-hydrogen) atoms. The van der Waals surface area contributed by atoms with Crippen molar-refractivity contribution in [2.24, 2.45) is 0 Å². The number of hydrogen-bond acceptors (Lipinski definition) is 5. The summed E-state index contributed by atoms with van der Waals surface area (Å²) in [6, 6.07) is 8.08. The van der Waals surface area contributed by atoms with Crippen LogP contribution in [0.15, 0.2) is 41.3 Å². The van der Waals surface area contributed by atoms with E-state index in [1.54, 1.807) is 29.0 Å². The lowest BCUT2D eigenvalue weighted by Gasteiger charge is -2.36. The van der Waals surface area contributed by atoms with Gasteiger partial charge in [-0.25, -0.2) is 4.39 Å². The zero-order chi connectivity index (χ0) is 22.6. The number of rotatable bonds is 6. The van der Waals surface area contributed by atoms with Gasteiger partial charge in [0.15, 0.2) is 5.75 Å². The van der Waals surface area contributed by atoms with Gasteiger partial charge in [0, 0.05) is 55.7 Å². The first-order chi connectivity index (χ1) is 14.6. The number of pyridine rings is 1. The van der Waals surface area contributed by atoms with Gasteiger partial charge in [0.2, 0.25) is 11.3 Å². The summed E-state index contributed by atoms with van der Waals surface area (Å²) in [7, 11) is 1.45. The lowest BCUT2D eigenvalue weighted by atomic mass is 10.1. The molecule has 1 saturated heterocycles. The highest BCUT2D eigenvalue weighted by Gasteiger charge is 2.20. The first-order valence-electron chi connectivity index (χ1n) is 10.5. The van der Waals surface area contributed by atoms with E-state index in [-0.39, 0.29) is 35.0 Å². The van der Waals surface area contributed by atoms with Crippen LogP contribution in [0.5, 0.6) is 5.75 Å². The van der Waals surface area contributed by atoms with Crippen LogP contribution in [0.1, 0.15) is 26.5 Å².